The minimum Gasteiger partial charge on any atom is -0.212 e. The van der Waals surface area contributed by atoms with Crippen LogP contribution in [0, 0.1) is 5.92 Å². The molecule has 1 N–H and O–H groups in total. The molecule has 0 saturated carbocycles. The highest BCUT2D eigenvalue weighted by molar-refractivity contribution is 7.88. The smallest absolute Gasteiger partial charge is 0.212 e. The van der Waals surface area contributed by atoms with Gasteiger partial charge < -0.3 is 0 Å². The van der Waals surface area contributed by atoms with Gasteiger partial charge in [-0.1, -0.05) is 35.5 Å². The van der Waals surface area contributed by atoms with E-state index in [1.54, 1.807) is 4.31 Å². The van der Waals surface area contributed by atoms with Gasteiger partial charge in [0.1, 0.15) is 0 Å². The average molecular weight is 321 g/mol. The molecular formula is C14H19N5O2S. The van der Waals surface area contributed by atoms with E-state index in [0.717, 1.165) is 24.8 Å². The molecule has 0 bridgehead atoms. The molecule has 0 unspecified atom stereocenters. The fourth-order valence-corrected chi connectivity index (χ4v) is 4.36. The quantitative estimate of drug-likeness (QED) is 0.886. The van der Waals surface area contributed by atoms with Gasteiger partial charge in [0.15, 0.2) is 5.82 Å². The number of piperidine rings is 1. The summed E-state index contributed by atoms with van der Waals surface area (Å²) in [6.45, 7) is 1.13. The summed E-state index contributed by atoms with van der Waals surface area (Å²) >= 11 is 0. The Kier molecular flexibility index (Phi) is 4.49. The number of rotatable bonds is 5. The summed E-state index contributed by atoms with van der Waals surface area (Å²) < 4.78 is 26.5. The van der Waals surface area contributed by atoms with Crippen LogP contribution in [-0.2, 0) is 22.2 Å². The van der Waals surface area contributed by atoms with Crippen LogP contribution in [0.3, 0.4) is 0 Å². The Bertz CT molecular complexity index is 679. The minimum atomic E-state index is -3.24. The maximum absolute atomic E-state index is 12.5. The van der Waals surface area contributed by atoms with E-state index < -0.39 is 10.0 Å². The molecule has 0 aliphatic carbocycles. The SMILES string of the molecule is O=S(=O)(Cc1ccccc1)N1CCC(Cc2nn[nH]n2)CC1. The summed E-state index contributed by atoms with van der Waals surface area (Å²) in [5.74, 6) is 1.19. The highest BCUT2D eigenvalue weighted by atomic mass is 32.2. The molecule has 1 aliphatic rings. The lowest BCUT2D eigenvalue weighted by Gasteiger charge is -2.30. The number of sulfonamides is 1. The van der Waals surface area contributed by atoms with Crippen molar-refractivity contribution in [2.75, 3.05) is 13.1 Å². The summed E-state index contributed by atoms with van der Waals surface area (Å²) in [6.07, 6.45) is 2.42. The van der Waals surface area contributed by atoms with Crippen molar-refractivity contribution in [2.45, 2.75) is 25.0 Å². The van der Waals surface area contributed by atoms with Crippen molar-refractivity contribution in [1.82, 2.24) is 24.9 Å². The molecule has 1 aliphatic heterocycles. The van der Waals surface area contributed by atoms with Gasteiger partial charge in [-0.3, -0.25) is 0 Å². The van der Waals surface area contributed by atoms with Crippen LogP contribution < -0.4 is 0 Å². The van der Waals surface area contributed by atoms with Crippen LogP contribution in [0.25, 0.3) is 0 Å². The van der Waals surface area contributed by atoms with E-state index in [-0.39, 0.29) is 5.75 Å². The first-order valence-corrected chi connectivity index (χ1v) is 8.98. The summed E-state index contributed by atoms with van der Waals surface area (Å²) in [6, 6.07) is 9.31. The van der Waals surface area contributed by atoms with Gasteiger partial charge in [0.2, 0.25) is 10.0 Å². The standard InChI is InChI=1S/C14H19N5O2S/c20-22(21,11-13-4-2-1-3-5-13)19-8-6-12(7-9-19)10-14-15-17-18-16-14/h1-5,12H,6-11H2,(H,15,16,17,18). The highest BCUT2D eigenvalue weighted by Gasteiger charge is 2.28. The average Bonchev–Trinajstić information content (AvgIpc) is 3.01. The molecule has 0 atom stereocenters. The Morgan fingerprint density at radius 1 is 1.18 bits per heavy atom. The molecule has 7 nitrogen and oxygen atoms in total. The second kappa shape index (κ2) is 6.53. The molecule has 8 heteroatoms. The first kappa shape index (κ1) is 15.1. The predicted octanol–water partition coefficient (Wildman–Crippen LogP) is 0.984. The summed E-state index contributed by atoms with van der Waals surface area (Å²) in [5, 5.41) is 13.9. The zero-order valence-electron chi connectivity index (χ0n) is 12.2. The van der Waals surface area contributed by atoms with Crippen LogP contribution in [0.1, 0.15) is 24.2 Å². The second-order valence-electron chi connectivity index (χ2n) is 5.62. The van der Waals surface area contributed by atoms with Crippen molar-refractivity contribution < 1.29 is 8.42 Å². The maximum Gasteiger partial charge on any atom is 0.218 e. The van der Waals surface area contributed by atoms with E-state index in [0.29, 0.717) is 24.8 Å². The van der Waals surface area contributed by atoms with Crippen LogP contribution in [0.4, 0.5) is 0 Å². The molecule has 0 spiro atoms. The molecule has 0 amide bonds. The lowest BCUT2D eigenvalue weighted by atomic mass is 9.94. The van der Waals surface area contributed by atoms with Crippen LogP contribution in [0.15, 0.2) is 30.3 Å². The lowest BCUT2D eigenvalue weighted by molar-refractivity contribution is 0.270. The molecule has 22 heavy (non-hydrogen) atoms. The Balaban J connectivity index is 1.56. The fourth-order valence-electron chi connectivity index (χ4n) is 2.79. The zero-order chi connectivity index (χ0) is 15.4. The van der Waals surface area contributed by atoms with Gasteiger partial charge in [-0.15, -0.1) is 10.2 Å². The third-order valence-electron chi connectivity index (χ3n) is 4.02. The number of aromatic amines is 1. The summed E-state index contributed by atoms with van der Waals surface area (Å²) in [7, 11) is -3.24. The van der Waals surface area contributed by atoms with Crippen molar-refractivity contribution in [3.8, 4) is 0 Å². The molecule has 0 radical (unpaired) electrons. The third-order valence-corrected chi connectivity index (χ3v) is 5.87. The highest BCUT2D eigenvalue weighted by Crippen LogP contribution is 2.23. The van der Waals surface area contributed by atoms with Gasteiger partial charge in [-0.2, -0.15) is 5.21 Å². The lowest BCUT2D eigenvalue weighted by Crippen LogP contribution is -2.39. The van der Waals surface area contributed by atoms with Crippen molar-refractivity contribution in [1.29, 1.82) is 0 Å². The van der Waals surface area contributed by atoms with Gasteiger partial charge in [0.25, 0.3) is 0 Å². The topological polar surface area (TPSA) is 91.8 Å². The zero-order valence-corrected chi connectivity index (χ0v) is 13.0. The molecule has 1 aromatic heterocycles. The molecule has 3 rings (SSSR count). The first-order valence-electron chi connectivity index (χ1n) is 7.37. The van der Waals surface area contributed by atoms with Gasteiger partial charge in [0.05, 0.1) is 5.75 Å². The normalized spacial score (nSPS) is 17.6. The number of hydrogen-bond donors (Lipinski definition) is 1. The third kappa shape index (κ3) is 3.69. The van der Waals surface area contributed by atoms with Crippen LogP contribution in [-0.4, -0.2) is 46.4 Å². The van der Waals surface area contributed by atoms with Gasteiger partial charge in [0, 0.05) is 19.5 Å². The maximum atomic E-state index is 12.5. The molecule has 1 aromatic carbocycles. The van der Waals surface area contributed by atoms with E-state index in [4.69, 9.17) is 0 Å². The number of nitrogens with one attached hydrogen (secondary N) is 1. The predicted molar refractivity (Wildman–Crippen MR) is 81.2 cm³/mol. The van der Waals surface area contributed by atoms with E-state index in [2.05, 4.69) is 20.6 Å². The molecule has 118 valence electrons. The fraction of sp³-hybridized carbons (Fsp3) is 0.500. The molecular weight excluding hydrogens is 302 g/mol. The molecule has 2 aromatic rings. The van der Waals surface area contributed by atoms with Crippen molar-refractivity contribution in [3.63, 3.8) is 0 Å². The number of tetrazole rings is 1. The largest absolute Gasteiger partial charge is 0.218 e. The Morgan fingerprint density at radius 3 is 2.55 bits per heavy atom. The first-order chi connectivity index (χ1) is 10.6. The summed E-state index contributed by atoms with van der Waals surface area (Å²) in [4.78, 5) is 0. The monoisotopic (exact) mass is 321 g/mol. The number of nitrogens with zero attached hydrogens (tertiary/aromatic N) is 4. The second-order valence-corrected chi connectivity index (χ2v) is 7.59. The Morgan fingerprint density at radius 2 is 1.91 bits per heavy atom. The molecule has 1 saturated heterocycles. The van der Waals surface area contributed by atoms with E-state index in [1.165, 1.54) is 0 Å². The van der Waals surface area contributed by atoms with Crippen molar-refractivity contribution >= 4 is 10.0 Å². The van der Waals surface area contributed by atoms with E-state index in [1.807, 2.05) is 30.3 Å². The van der Waals surface area contributed by atoms with Crippen molar-refractivity contribution in [3.05, 3.63) is 41.7 Å². The van der Waals surface area contributed by atoms with Gasteiger partial charge in [-0.25, -0.2) is 12.7 Å². The number of H-pyrrole nitrogens is 1. The van der Waals surface area contributed by atoms with Gasteiger partial charge >= 0.3 is 0 Å². The summed E-state index contributed by atoms with van der Waals surface area (Å²) in [5.41, 5.74) is 0.830. The van der Waals surface area contributed by atoms with Crippen molar-refractivity contribution in [2.24, 2.45) is 5.92 Å². The van der Waals surface area contributed by atoms with E-state index >= 15 is 0 Å². The van der Waals surface area contributed by atoms with Crippen LogP contribution in [0.5, 0.6) is 0 Å². The van der Waals surface area contributed by atoms with Crippen LogP contribution >= 0.6 is 0 Å². The molecule has 1 fully saturated rings. The Labute approximate surface area is 129 Å². The molecule has 2 heterocycles. The van der Waals surface area contributed by atoms with Crippen LogP contribution in [0.2, 0.25) is 0 Å². The number of hydrogen-bond acceptors (Lipinski definition) is 5. The van der Waals surface area contributed by atoms with E-state index in [9.17, 15) is 8.42 Å². The van der Waals surface area contributed by atoms with Gasteiger partial charge in [-0.05, 0) is 24.3 Å². The number of benzene rings is 1. The number of aromatic nitrogens is 4. The Hall–Kier alpha value is -1.80. The minimum absolute atomic E-state index is 0.0728.